The Labute approximate surface area is 125 Å². The Morgan fingerprint density at radius 3 is 2.95 bits per heavy atom. The lowest BCUT2D eigenvalue weighted by molar-refractivity contribution is -0.125. The van der Waals surface area contributed by atoms with E-state index in [0.717, 1.165) is 26.2 Å². The third kappa shape index (κ3) is 4.78. The highest BCUT2D eigenvalue weighted by atomic mass is 16.5. The van der Waals surface area contributed by atoms with E-state index in [4.69, 9.17) is 4.74 Å². The lowest BCUT2D eigenvalue weighted by Gasteiger charge is -2.34. The zero-order valence-corrected chi connectivity index (χ0v) is 13.0. The second kappa shape index (κ2) is 7.51. The van der Waals surface area contributed by atoms with Gasteiger partial charge in [0.2, 0.25) is 5.91 Å². The van der Waals surface area contributed by atoms with Gasteiger partial charge in [-0.25, -0.2) is 9.67 Å². The molecule has 1 aliphatic heterocycles. The molecule has 1 amide bonds. The minimum atomic E-state index is -0.358. The number of hydrogen-bond acceptors (Lipinski definition) is 5. The molecular weight excluding hydrogens is 270 g/mol. The molecule has 0 saturated carbocycles. The molecule has 118 valence electrons. The van der Waals surface area contributed by atoms with Crippen molar-refractivity contribution in [2.75, 3.05) is 32.8 Å². The van der Waals surface area contributed by atoms with Crippen LogP contribution in [0.3, 0.4) is 0 Å². The van der Waals surface area contributed by atoms with Gasteiger partial charge in [0.15, 0.2) is 0 Å². The van der Waals surface area contributed by atoms with Gasteiger partial charge in [0.1, 0.15) is 18.7 Å². The molecule has 2 rings (SSSR count). The second-order valence-electron chi connectivity index (χ2n) is 5.94. The Morgan fingerprint density at radius 2 is 2.29 bits per heavy atom. The van der Waals surface area contributed by atoms with Crippen LogP contribution in [0.5, 0.6) is 0 Å². The molecule has 1 aliphatic rings. The summed E-state index contributed by atoms with van der Waals surface area (Å²) < 4.78 is 7.26. The largest absolute Gasteiger partial charge is 0.374 e. The average molecular weight is 295 g/mol. The molecule has 7 heteroatoms. The summed E-state index contributed by atoms with van der Waals surface area (Å²) in [6, 6.07) is -0.358. The predicted octanol–water partition coefficient (Wildman–Crippen LogP) is 0.312. The van der Waals surface area contributed by atoms with E-state index >= 15 is 0 Å². The molecule has 2 atom stereocenters. The Hall–Kier alpha value is -1.47. The first-order valence-corrected chi connectivity index (χ1v) is 7.52. The van der Waals surface area contributed by atoms with Gasteiger partial charge in [-0.3, -0.25) is 9.69 Å². The molecule has 1 saturated heterocycles. The number of nitrogens with one attached hydrogen (secondary N) is 1. The van der Waals surface area contributed by atoms with Crippen molar-refractivity contribution in [3.05, 3.63) is 12.7 Å². The average Bonchev–Trinajstić information content (AvgIpc) is 2.97. The van der Waals surface area contributed by atoms with E-state index in [0.29, 0.717) is 12.5 Å². The number of ether oxygens (including phenoxy) is 1. The molecule has 0 radical (unpaired) electrons. The maximum atomic E-state index is 12.1. The van der Waals surface area contributed by atoms with E-state index in [1.54, 1.807) is 17.9 Å². The maximum absolute atomic E-state index is 12.1. The Morgan fingerprint density at radius 1 is 1.48 bits per heavy atom. The Kier molecular flexibility index (Phi) is 5.69. The van der Waals surface area contributed by atoms with Crippen LogP contribution in [0.25, 0.3) is 0 Å². The van der Waals surface area contributed by atoms with E-state index in [1.165, 1.54) is 6.33 Å². The molecule has 1 fully saturated rings. The summed E-state index contributed by atoms with van der Waals surface area (Å²) in [5.74, 6) is 0.579. The van der Waals surface area contributed by atoms with E-state index in [9.17, 15) is 4.79 Å². The number of carbonyl (C=O) groups excluding carboxylic acids is 1. The number of hydrogen-bond donors (Lipinski definition) is 1. The number of aromatic nitrogens is 3. The summed E-state index contributed by atoms with van der Waals surface area (Å²) in [5, 5.41) is 6.92. The van der Waals surface area contributed by atoms with Crippen molar-refractivity contribution in [1.29, 1.82) is 0 Å². The fourth-order valence-electron chi connectivity index (χ4n) is 2.49. The third-order valence-electron chi connectivity index (χ3n) is 3.56. The van der Waals surface area contributed by atoms with E-state index < -0.39 is 0 Å². The summed E-state index contributed by atoms with van der Waals surface area (Å²) in [5.41, 5.74) is 0. The summed E-state index contributed by atoms with van der Waals surface area (Å²) in [7, 11) is 0. The van der Waals surface area contributed by atoms with Crippen molar-refractivity contribution in [3.63, 3.8) is 0 Å². The van der Waals surface area contributed by atoms with Gasteiger partial charge < -0.3 is 10.1 Å². The summed E-state index contributed by atoms with van der Waals surface area (Å²) >= 11 is 0. The molecule has 0 spiro atoms. The highest BCUT2D eigenvalue weighted by molar-refractivity contribution is 5.79. The number of nitrogens with zero attached hydrogens (tertiary/aromatic N) is 4. The smallest absolute Gasteiger partial charge is 0.244 e. The number of carbonyl (C=O) groups is 1. The van der Waals surface area contributed by atoms with Crippen molar-refractivity contribution in [1.82, 2.24) is 25.0 Å². The molecule has 0 aliphatic carbocycles. The SMILES string of the molecule is CC(C)CN1CCO[C@@H](CNC(=O)[C@@H](C)n2cncn2)C1. The van der Waals surface area contributed by atoms with Crippen LogP contribution in [-0.2, 0) is 9.53 Å². The summed E-state index contributed by atoms with van der Waals surface area (Å²) in [4.78, 5) is 18.3. The molecule has 2 heterocycles. The minimum Gasteiger partial charge on any atom is -0.374 e. The van der Waals surface area contributed by atoms with Gasteiger partial charge in [-0.2, -0.15) is 5.10 Å². The van der Waals surface area contributed by atoms with Crippen molar-refractivity contribution >= 4 is 5.91 Å². The normalized spacial score (nSPS) is 21.4. The summed E-state index contributed by atoms with van der Waals surface area (Å²) in [6.45, 7) is 10.4. The van der Waals surface area contributed by atoms with Crippen LogP contribution in [-0.4, -0.2) is 64.5 Å². The van der Waals surface area contributed by atoms with Crippen LogP contribution < -0.4 is 5.32 Å². The highest BCUT2D eigenvalue weighted by Gasteiger charge is 2.22. The predicted molar refractivity (Wildman–Crippen MR) is 78.8 cm³/mol. The molecule has 1 N–H and O–H groups in total. The van der Waals surface area contributed by atoms with Crippen LogP contribution in [0.15, 0.2) is 12.7 Å². The van der Waals surface area contributed by atoms with Gasteiger partial charge in [-0.15, -0.1) is 0 Å². The molecule has 21 heavy (non-hydrogen) atoms. The van der Waals surface area contributed by atoms with Crippen molar-refractivity contribution in [2.24, 2.45) is 5.92 Å². The van der Waals surface area contributed by atoms with E-state index in [-0.39, 0.29) is 18.1 Å². The van der Waals surface area contributed by atoms with Gasteiger partial charge >= 0.3 is 0 Å². The van der Waals surface area contributed by atoms with Gasteiger partial charge in [0.25, 0.3) is 0 Å². The second-order valence-corrected chi connectivity index (χ2v) is 5.94. The number of morpholine rings is 1. The fourth-order valence-corrected chi connectivity index (χ4v) is 2.49. The monoisotopic (exact) mass is 295 g/mol. The highest BCUT2D eigenvalue weighted by Crippen LogP contribution is 2.08. The lowest BCUT2D eigenvalue weighted by atomic mass is 10.2. The molecule has 0 bridgehead atoms. The molecule has 1 aromatic heterocycles. The number of rotatable bonds is 6. The Bertz CT molecular complexity index is 435. The number of amides is 1. The minimum absolute atomic E-state index is 0.0596. The van der Waals surface area contributed by atoms with Gasteiger partial charge in [-0.1, -0.05) is 13.8 Å². The molecular formula is C14H25N5O2. The van der Waals surface area contributed by atoms with Gasteiger partial charge in [0.05, 0.1) is 12.7 Å². The molecule has 0 aromatic carbocycles. The van der Waals surface area contributed by atoms with Gasteiger partial charge in [-0.05, 0) is 12.8 Å². The topological polar surface area (TPSA) is 72.3 Å². The lowest BCUT2D eigenvalue weighted by Crippen LogP contribution is -2.49. The fraction of sp³-hybridized carbons (Fsp3) is 0.786. The maximum Gasteiger partial charge on any atom is 0.244 e. The Balaban J connectivity index is 1.75. The summed E-state index contributed by atoms with van der Waals surface area (Å²) in [6.07, 6.45) is 3.04. The zero-order valence-electron chi connectivity index (χ0n) is 13.0. The standard InChI is InChI=1S/C14H25N5O2/c1-11(2)7-18-4-5-21-13(8-18)6-16-14(20)12(3)19-10-15-9-17-19/h9-13H,4-8H2,1-3H3,(H,16,20)/t12-,13+/m1/s1. The van der Waals surface area contributed by atoms with Crippen LogP contribution >= 0.6 is 0 Å². The van der Waals surface area contributed by atoms with Crippen LogP contribution in [0.2, 0.25) is 0 Å². The van der Waals surface area contributed by atoms with Crippen molar-refractivity contribution in [3.8, 4) is 0 Å². The third-order valence-corrected chi connectivity index (χ3v) is 3.56. The molecule has 7 nitrogen and oxygen atoms in total. The van der Waals surface area contributed by atoms with E-state index in [1.807, 2.05) is 0 Å². The molecule has 1 aromatic rings. The first-order valence-electron chi connectivity index (χ1n) is 7.52. The van der Waals surface area contributed by atoms with Crippen LogP contribution in [0.4, 0.5) is 0 Å². The van der Waals surface area contributed by atoms with E-state index in [2.05, 4.69) is 34.1 Å². The first-order chi connectivity index (χ1) is 10.1. The molecule has 0 unspecified atom stereocenters. The van der Waals surface area contributed by atoms with Crippen LogP contribution in [0, 0.1) is 5.92 Å². The van der Waals surface area contributed by atoms with Crippen LogP contribution in [0.1, 0.15) is 26.8 Å². The van der Waals surface area contributed by atoms with Crippen molar-refractivity contribution in [2.45, 2.75) is 32.9 Å². The zero-order chi connectivity index (χ0) is 15.2. The van der Waals surface area contributed by atoms with Crippen molar-refractivity contribution < 1.29 is 9.53 Å². The first kappa shape index (κ1) is 15.9. The van der Waals surface area contributed by atoms with Gasteiger partial charge in [0, 0.05) is 26.2 Å². The quantitative estimate of drug-likeness (QED) is 0.818.